The zero-order chi connectivity index (χ0) is 12.1. The van der Waals surface area contributed by atoms with E-state index in [0.717, 1.165) is 18.0 Å². The topological polar surface area (TPSA) is 24.1 Å². The van der Waals surface area contributed by atoms with Crippen LogP contribution in [0.4, 0.5) is 0 Å². The summed E-state index contributed by atoms with van der Waals surface area (Å²) in [5.74, 6) is 0.960. The fourth-order valence-electron chi connectivity index (χ4n) is 5.00. The summed E-state index contributed by atoms with van der Waals surface area (Å²) in [4.78, 5) is 0. The molecule has 2 bridgehead atoms. The van der Waals surface area contributed by atoms with E-state index in [9.17, 15) is 0 Å². The lowest BCUT2D eigenvalue weighted by Gasteiger charge is -2.43. The van der Waals surface area contributed by atoms with Crippen LogP contribution in [-0.4, -0.2) is 25.2 Å². The highest BCUT2D eigenvalue weighted by molar-refractivity contribution is 5.12. The Kier molecular flexibility index (Phi) is 2.79. The van der Waals surface area contributed by atoms with Crippen LogP contribution in [0.15, 0.2) is 0 Å². The molecule has 3 fully saturated rings. The molecule has 4 atom stereocenters. The van der Waals surface area contributed by atoms with E-state index in [1.807, 2.05) is 0 Å². The second-order valence-electron chi connectivity index (χ2n) is 7.55. The maximum atomic E-state index is 3.92. The number of nitrogens with one attached hydrogen (secondary N) is 2. The van der Waals surface area contributed by atoms with E-state index in [1.165, 1.54) is 45.2 Å². The van der Waals surface area contributed by atoms with Crippen molar-refractivity contribution < 1.29 is 0 Å². The number of rotatable bonds is 3. The molecule has 2 N–H and O–H groups in total. The molecular weight excluding hydrogens is 208 g/mol. The van der Waals surface area contributed by atoms with E-state index >= 15 is 0 Å². The molecule has 1 saturated heterocycles. The summed E-state index contributed by atoms with van der Waals surface area (Å²) in [7, 11) is 0. The van der Waals surface area contributed by atoms with Gasteiger partial charge in [0.05, 0.1) is 0 Å². The lowest BCUT2D eigenvalue weighted by molar-refractivity contribution is 0.107. The Morgan fingerprint density at radius 1 is 1.24 bits per heavy atom. The first-order valence-corrected chi connectivity index (χ1v) is 7.49. The Morgan fingerprint density at radius 3 is 2.65 bits per heavy atom. The summed E-state index contributed by atoms with van der Waals surface area (Å²) in [6.07, 6.45) is 7.08. The number of hydrogen-bond acceptors (Lipinski definition) is 2. The lowest BCUT2D eigenvalue weighted by Crippen LogP contribution is -2.53. The third kappa shape index (κ3) is 1.84. The van der Waals surface area contributed by atoms with Crippen molar-refractivity contribution in [3.8, 4) is 0 Å². The van der Waals surface area contributed by atoms with Crippen molar-refractivity contribution in [3.05, 3.63) is 0 Å². The molecule has 1 aliphatic heterocycles. The fourth-order valence-corrected chi connectivity index (χ4v) is 5.00. The van der Waals surface area contributed by atoms with Crippen molar-refractivity contribution in [1.82, 2.24) is 10.6 Å². The standard InChI is InChI=1S/C15H28N2/c1-14(2)11-6-7-15(3,9-11)13(14)17-10-12-5-4-8-16-12/h11-13,16-17H,4-10H2,1-3H3. The summed E-state index contributed by atoms with van der Waals surface area (Å²) < 4.78 is 0. The lowest BCUT2D eigenvalue weighted by atomic mass is 9.68. The second kappa shape index (κ2) is 3.96. The molecule has 0 spiro atoms. The molecule has 98 valence electrons. The van der Waals surface area contributed by atoms with Gasteiger partial charge in [-0.2, -0.15) is 0 Å². The third-order valence-electron chi connectivity index (χ3n) is 6.00. The van der Waals surface area contributed by atoms with Crippen LogP contribution in [-0.2, 0) is 0 Å². The van der Waals surface area contributed by atoms with Crippen molar-refractivity contribution in [1.29, 1.82) is 0 Å². The van der Waals surface area contributed by atoms with Gasteiger partial charge >= 0.3 is 0 Å². The van der Waals surface area contributed by atoms with E-state index in [0.29, 0.717) is 10.8 Å². The Labute approximate surface area is 106 Å². The van der Waals surface area contributed by atoms with Crippen molar-refractivity contribution in [2.24, 2.45) is 16.7 Å². The molecule has 0 aromatic heterocycles. The minimum atomic E-state index is 0.506. The van der Waals surface area contributed by atoms with Crippen LogP contribution in [0.3, 0.4) is 0 Å². The van der Waals surface area contributed by atoms with Crippen LogP contribution in [0.1, 0.15) is 52.9 Å². The van der Waals surface area contributed by atoms with Gasteiger partial charge in [0.1, 0.15) is 0 Å². The molecule has 0 aromatic carbocycles. The molecule has 2 nitrogen and oxygen atoms in total. The van der Waals surface area contributed by atoms with Gasteiger partial charge in [-0.05, 0) is 55.4 Å². The minimum absolute atomic E-state index is 0.506. The van der Waals surface area contributed by atoms with Gasteiger partial charge in [-0.1, -0.05) is 20.8 Å². The number of fused-ring (bicyclic) bond motifs is 2. The average Bonchev–Trinajstić information content (AvgIpc) is 2.90. The Balaban J connectivity index is 1.65. The summed E-state index contributed by atoms with van der Waals surface area (Å²) in [5, 5.41) is 7.53. The molecule has 0 amide bonds. The van der Waals surface area contributed by atoms with Crippen molar-refractivity contribution in [3.63, 3.8) is 0 Å². The first kappa shape index (κ1) is 12.0. The highest BCUT2D eigenvalue weighted by atomic mass is 15.0. The number of hydrogen-bond donors (Lipinski definition) is 2. The quantitative estimate of drug-likeness (QED) is 0.787. The van der Waals surface area contributed by atoms with Crippen molar-refractivity contribution in [2.45, 2.75) is 65.0 Å². The Hall–Kier alpha value is -0.0800. The van der Waals surface area contributed by atoms with E-state index in [1.54, 1.807) is 0 Å². The normalized spacial score (nSPS) is 47.8. The van der Waals surface area contributed by atoms with Gasteiger partial charge in [0, 0.05) is 18.6 Å². The van der Waals surface area contributed by atoms with Crippen molar-refractivity contribution >= 4 is 0 Å². The first-order chi connectivity index (χ1) is 8.02. The predicted molar refractivity (Wildman–Crippen MR) is 72.0 cm³/mol. The summed E-state index contributed by atoms with van der Waals surface area (Å²) in [6.45, 7) is 9.89. The highest BCUT2D eigenvalue weighted by Crippen LogP contribution is 2.62. The molecule has 17 heavy (non-hydrogen) atoms. The first-order valence-electron chi connectivity index (χ1n) is 7.49. The maximum absolute atomic E-state index is 3.92. The van der Waals surface area contributed by atoms with Crippen LogP contribution in [0.25, 0.3) is 0 Å². The van der Waals surface area contributed by atoms with E-state index in [-0.39, 0.29) is 0 Å². The molecule has 0 radical (unpaired) electrons. The van der Waals surface area contributed by atoms with Gasteiger partial charge in [0.25, 0.3) is 0 Å². The summed E-state index contributed by atoms with van der Waals surface area (Å²) in [6, 6.07) is 1.46. The van der Waals surface area contributed by atoms with Gasteiger partial charge in [0.15, 0.2) is 0 Å². The van der Waals surface area contributed by atoms with E-state index in [2.05, 4.69) is 31.4 Å². The smallest absolute Gasteiger partial charge is 0.0193 e. The summed E-state index contributed by atoms with van der Waals surface area (Å²) >= 11 is 0. The van der Waals surface area contributed by atoms with Crippen LogP contribution < -0.4 is 10.6 Å². The molecule has 2 heteroatoms. The van der Waals surface area contributed by atoms with Crippen LogP contribution in [0.2, 0.25) is 0 Å². The Bertz CT molecular complexity index is 289. The Morgan fingerprint density at radius 2 is 2.06 bits per heavy atom. The average molecular weight is 236 g/mol. The fraction of sp³-hybridized carbons (Fsp3) is 1.00. The molecule has 1 heterocycles. The molecule has 2 saturated carbocycles. The van der Waals surface area contributed by atoms with Crippen LogP contribution in [0.5, 0.6) is 0 Å². The molecule has 2 aliphatic carbocycles. The molecule has 3 rings (SSSR count). The molecular formula is C15H28N2. The SMILES string of the molecule is CC12CCC(C1)C(C)(C)C2NCC1CCCN1. The zero-order valence-electron chi connectivity index (χ0n) is 11.7. The minimum Gasteiger partial charge on any atom is -0.313 e. The van der Waals surface area contributed by atoms with Gasteiger partial charge < -0.3 is 10.6 Å². The zero-order valence-corrected chi connectivity index (χ0v) is 11.7. The predicted octanol–water partition coefficient (Wildman–Crippen LogP) is 2.54. The van der Waals surface area contributed by atoms with Gasteiger partial charge in [0.2, 0.25) is 0 Å². The molecule has 3 aliphatic rings. The van der Waals surface area contributed by atoms with E-state index < -0.39 is 0 Å². The van der Waals surface area contributed by atoms with E-state index in [4.69, 9.17) is 0 Å². The second-order valence-corrected chi connectivity index (χ2v) is 7.55. The molecule has 4 unspecified atom stereocenters. The van der Waals surface area contributed by atoms with Crippen LogP contribution >= 0.6 is 0 Å². The van der Waals surface area contributed by atoms with Gasteiger partial charge in [-0.3, -0.25) is 0 Å². The van der Waals surface area contributed by atoms with Gasteiger partial charge in [-0.25, -0.2) is 0 Å². The third-order valence-corrected chi connectivity index (χ3v) is 6.00. The van der Waals surface area contributed by atoms with Crippen molar-refractivity contribution in [2.75, 3.05) is 13.1 Å². The monoisotopic (exact) mass is 236 g/mol. The summed E-state index contributed by atoms with van der Waals surface area (Å²) in [5.41, 5.74) is 1.08. The highest BCUT2D eigenvalue weighted by Gasteiger charge is 2.58. The van der Waals surface area contributed by atoms with Crippen LogP contribution in [0, 0.1) is 16.7 Å². The largest absolute Gasteiger partial charge is 0.313 e. The maximum Gasteiger partial charge on any atom is 0.0193 e. The molecule has 0 aromatic rings. The van der Waals surface area contributed by atoms with Gasteiger partial charge in [-0.15, -0.1) is 0 Å².